The highest BCUT2D eigenvalue weighted by Crippen LogP contribution is 2.43. The first-order chi connectivity index (χ1) is 18.6. The first-order valence-electron chi connectivity index (χ1n) is 13.3. The van der Waals surface area contributed by atoms with Gasteiger partial charge in [-0.2, -0.15) is 0 Å². The Bertz CT molecular complexity index is 1340. The van der Waals surface area contributed by atoms with E-state index in [1.807, 2.05) is 24.3 Å². The van der Waals surface area contributed by atoms with Crippen LogP contribution in [0.1, 0.15) is 67.4 Å². The number of hydrogen-bond acceptors (Lipinski definition) is 6. The molecule has 0 saturated carbocycles. The molecular formula is C32H34N2O4. The highest BCUT2D eigenvalue weighted by Gasteiger charge is 2.37. The van der Waals surface area contributed by atoms with Crippen LogP contribution in [0.4, 0.5) is 0 Å². The van der Waals surface area contributed by atoms with E-state index in [4.69, 9.17) is 13.9 Å². The maximum Gasteiger partial charge on any atom is 0.307 e. The summed E-state index contributed by atoms with van der Waals surface area (Å²) in [5, 5.41) is 0. The molecule has 1 fully saturated rings. The molecule has 1 aliphatic carbocycles. The van der Waals surface area contributed by atoms with Gasteiger partial charge < -0.3 is 13.9 Å². The third kappa shape index (κ3) is 5.84. The fourth-order valence-corrected chi connectivity index (χ4v) is 5.44. The van der Waals surface area contributed by atoms with E-state index in [9.17, 15) is 4.79 Å². The van der Waals surface area contributed by atoms with E-state index < -0.39 is 0 Å². The van der Waals surface area contributed by atoms with Crippen molar-refractivity contribution < 1.29 is 18.7 Å². The Hall–Kier alpha value is -3.82. The lowest BCUT2D eigenvalue weighted by Gasteiger charge is -2.39. The summed E-state index contributed by atoms with van der Waals surface area (Å²) in [5.74, 6) is 7.68. The van der Waals surface area contributed by atoms with Crippen LogP contribution in [0.2, 0.25) is 0 Å². The van der Waals surface area contributed by atoms with Gasteiger partial charge in [0.25, 0.3) is 0 Å². The minimum Gasteiger partial charge on any atom is -0.484 e. The van der Waals surface area contributed by atoms with Crippen molar-refractivity contribution in [3.63, 3.8) is 0 Å². The van der Waals surface area contributed by atoms with Crippen molar-refractivity contribution >= 4 is 12.0 Å². The average molecular weight is 511 g/mol. The van der Waals surface area contributed by atoms with E-state index >= 15 is 0 Å². The van der Waals surface area contributed by atoms with Crippen LogP contribution in [0.15, 0.2) is 65.2 Å². The Labute approximate surface area is 224 Å². The Kier molecular flexibility index (Phi) is 7.95. The minimum absolute atomic E-state index is 0.186. The second-order valence-electron chi connectivity index (χ2n) is 9.89. The van der Waals surface area contributed by atoms with Gasteiger partial charge in [-0.25, -0.2) is 4.98 Å². The van der Waals surface area contributed by atoms with Crippen molar-refractivity contribution in [3.8, 4) is 17.6 Å². The molecule has 1 saturated heterocycles. The fraction of sp³-hybridized carbons (Fsp3) is 0.375. The molecular weight excluding hydrogens is 476 g/mol. The molecule has 0 unspecified atom stereocenters. The van der Waals surface area contributed by atoms with Crippen LogP contribution in [-0.2, 0) is 28.1 Å². The first-order valence-corrected chi connectivity index (χ1v) is 13.3. The zero-order valence-electron chi connectivity index (χ0n) is 22.1. The predicted octanol–water partition coefficient (Wildman–Crippen LogP) is 5.87. The fourth-order valence-electron chi connectivity index (χ4n) is 5.44. The maximum atomic E-state index is 11.9. The Balaban J connectivity index is 1.11. The largest absolute Gasteiger partial charge is 0.484 e. The van der Waals surface area contributed by atoms with Crippen molar-refractivity contribution in [1.82, 2.24) is 9.88 Å². The van der Waals surface area contributed by atoms with Gasteiger partial charge in [-0.05, 0) is 68.6 Å². The summed E-state index contributed by atoms with van der Waals surface area (Å²) in [4.78, 5) is 18.8. The molecule has 0 bridgehead atoms. The number of rotatable bonds is 9. The molecule has 2 aromatic carbocycles. The summed E-state index contributed by atoms with van der Waals surface area (Å²) in [7, 11) is 0. The van der Waals surface area contributed by atoms with Crippen molar-refractivity contribution in [1.29, 1.82) is 0 Å². The summed E-state index contributed by atoms with van der Waals surface area (Å²) in [6, 6.07) is 16.4. The van der Waals surface area contributed by atoms with Crippen molar-refractivity contribution in [2.45, 2.75) is 57.6 Å². The van der Waals surface area contributed by atoms with E-state index in [2.05, 4.69) is 58.1 Å². The van der Waals surface area contributed by atoms with Crippen molar-refractivity contribution in [2.24, 2.45) is 0 Å². The monoisotopic (exact) mass is 510 g/mol. The highest BCUT2D eigenvalue weighted by molar-refractivity contribution is 5.71. The minimum atomic E-state index is -0.245. The predicted molar refractivity (Wildman–Crippen MR) is 146 cm³/mol. The van der Waals surface area contributed by atoms with E-state index in [1.54, 1.807) is 20.0 Å². The Morgan fingerprint density at radius 1 is 1.16 bits per heavy atom. The van der Waals surface area contributed by atoms with Crippen LogP contribution in [0.25, 0.3) is 6.08 Å². The number of ether oxygens (including phenoxy) is 2. The molecule has 1 atom stereocenters. The normalized spacial score (nSPS) is 16.5. The Morgan fingerprint density at radius 2 is 1.95 bits per heavy atom. The standard InChI is InChI=1S/C32H34N2O4/c1-3-7-26(20-31(35)36-4-2)24-10-12-27(13-11-24)37-23-30-33-21-28(38-30)22-34-18-16-32(17-19-34)15-14-25-8-5-6-9-29(25)32/h5-6,8-15,21,26H,4,16-20,22-23H2,1-2H3/t26-/m0/s1. The smallest absolute Gasteiger partial charge is 0.307 e. The van der Waals surface area contributed by atoms with Crippen molar-refractivity contribution in [3.05, 3.63) is 89.1 Å². The zero-order chi connectivity index (χ0) is 26.4. The summed E-state index contributed by atoms with van der Waals surface area (Å²) in [6.45, 7) is 7.00. The molecule has 3 aromatic rings. The highest BCUT2D eigenvalue weighted by atomic mass is 16.5. The first kappa shape index (κ1) is 25.8. The second kappa shape index (κ2) is 11.7. The lowest BCUT2D eigenvalue weighted by molar-refractivity contribution is -0.143. The average Bonchev–Trinajstić information content (AvgIpc) is 3.54. The number of nitrogens with zero attached hydrogens (tertiary/aromatic N) is 2. The third-order valence-corrected chi connectivity index (χ3v) is 7.45. The second-order valence-corrected chi connectivity index (χ2v) is 9.89. The number of oxazole rings is 1. The van der Waals surface area contributed by atoms with Gasteiger partial charge in [0.05, 0.1) is 31.7 Å². The van der Waals surface area contributed by atoms with Crippen LogP contribution in [-0.4, -0.2) is 35.5 Å². The number of carbonyl (C=O) groups excluding carboxylic acids is 1. The van der Waals surface area contributed by atoms with Gasteiger partial charge in [-0.1, -0.05) is 54.5 Å². The number of allylic oxidation sites excluding steroid dienone is 1. The van der Waals surface area contributed by atoms with E-state index in [1.165, 1.54) is 11.1 Å². The number of benzene rings is 2. The lowest BCUT2D eigenvalue weighted by atomic mass is 9.74. The third-order valence-electron chi connectivity index (χ3n) is 7.45. The number of esters is 1. The quantitative estimate of drug-likeness (QED) is 0.265. The molecule has 0 N–H and O–H groups in total. The molecule has 5 rings (SSSR count). The van der Waals surface area contributed by atoms with Gasteiger partial charge in [0.2, 0.25) is 5.89 Å². The molecule has 2 aliphatic rings. The Morgan fingerprint density at radius 3 is 2.71 bits per heavy atom. The SMILES string of the molecule is CC#C[C@@H](CC(=O)OCC)c1ccc(OCc2ncc(CN3CCC4(C=Cc5ccccc54)CC3)o2)cc1. The number of aromatic nitrogens is 1. The molecule has 6 nitrogen and oxygen atoms in total. The zero-order valence-corrected chi connectivity index (χ0v) is 22.1. The summed E-state index contributed by atoms with van der Waals surface area (Å²) >= 11 is 0. The number of carbonyl (C=O) groups is 1. The molecule has 196 valence electrons. The summed E-state index contributed by atoms with van der Waals surface area (Å²) < 4.78 is 17.0. The lowest BCUT2D eigenvalue weighted by Crippen LogP contribution is -2.40. The molecule has 1 aliphatic heterocycles. The van der Waals surface area contributed by atoms with Gasteiger partial charge in [-0.3, -0.25) is 9.69 Å². The van der Waals surface area contributed by atoms with Crippen LogP contribution < -0.4 is 4.74 Å². The van der Waals surface area contributed by atoms with Crippen LogP contribution in [0.5, 0.6) is 5.75 Å². The van der Waals surface area contributed by atoms with E-state index in [0.29, 0.717) is 18.2 Å². The van der Waals surface area contributed by atoms with Crippen LogP contribution >= 0.6 is 0 Å². The number of hydrogen-bond donors (Lipinski definition) is 0. The van der Waals surface area contributed by atoms with Gasteiger partial charge >= 0.3 is 5.97 Å². The molecule has 38 heavy (non-hydrogen) atoms. The van der Waals surface area contributed by atoms with Gasteiger partial charge in [0.15, 0.2) is 6.61 Å². The van der Waals surface area contributed by atoms with Crippen molar-refractivity contribution in [2.75, 3.05) is 19.7 Å². The molecule has 0 radical (unpaired) electrons. The topological polar surface area (TPSA) is 64.8 Å². The number of piperidine rings is 1. The van der Waals surface area contributed by atoms with Gasteiger partial charge in [0, 0.05) is 5.41 Å². The summed E-state index contributed by atoms with van der Waals surface area (Å²) in [5.41, 5.74) is 3.98. The molecule has 6 heteroatoms. The molecule has 1 aromatic heterocycles. The van der Waals surface area contributed by atoms with E-state index in [0.717, 1.165) is 43.8 Å². The number of fused-ring (bicyclic) bond motifs is 2. The molecule has 1 spiro atoms. The van der Waals surface area contributed by atoms with Gasteiger partial charge in [0.1, 0.15) is 11.5 Å². The van der Waals surface area contributed by atoms with Crippen LogP contribution in [0.3, 0.4) is 0 Å². The molecule has 2 heterocycles. The van der Waals surface area contributed by atoms with E-state index in [-0.39, 0.29) is 30.3 Å². The van der Waals surface area contributed by atoms with Crippen LogP contribution in [0, 0.1) is 11.8 Å². The molecule has 0 amide bonds. The van der Waals surface area contributed by atoms with Gasteiger partial charge in [-0.15, -0.1) is 5.92 Å². The number of likely N-dealkylation sites (tertiary alicyclic amines) is 1. The summed E-state index contributed by atoms with van der Waals surface area (Å²) in [6.07, 6.45) is 8.96. The maximum absolute atomic E-state index is 11.9.